The summed E-state index contributed by atoms with van der Waals surface area (Å²) in [6.07, 6.45) is 5.45. The van der Waals surface area contributed by atoms with Crippen LogP contribution in [0.15, 0.2) is 18.2 Å². The number of carbonyl (C=O) groups is 1. The number of nitrogens with zero attached hydrogens (tertiary/aromatic N) is 2. The molecular weight excluding hydrogens is 276 g/mol. The first-order valence-corrected chi connectivity index (χ1v) is 7.98. The second-order valence-electron chi connectivity index (χ2n) is 6.46. The number of hydrogen-bond acceptors (Lipinski definition) is 4. The van der Waals surface area contributed by atoms with Gasteiger partial charge in [-0.1, -0.05) is 6.42 Å². The number of fused-ring (bicyclic) bond motifs is 2. The Morgan fingerprint density at radius 1 is 1.32 bits per heavy atom. The molecule has 2 fully saturated rings. The fourth-order valence-corrected chi connectivity index (χ4v) is 4.00. The lowest BCUT2D eigenvalue weighted by molar-refractivity contribution is 0.0338. The zero-order chi connectivity index (χ0) is 15.7. The van der Waals surface area contributed by atoms with Gasteiger partial charge in [-0.25, -0.2) is 0 Å². The number of benzene rings is 1. The largest absolute Gasteiger partial charge is 0.497 e. The Kier molecular flexibility index (Phi) is 4.17. The van der Waals surface area contributed by atoms with E-state index < -0.39 is 0 Å². The first-order valence-electron chi connectivity index (χ1n) is 7.98. The lowest BCUT2D eigenvalue weighted by Crippen LogP contribution is -2.51. The fraction of sp³-hybridized carbons (Fsp3) is 0.556. The summed E-state index contributed by atoms with van der Waals surface area (Å²) < 4.78 is 5.21. The van der Waals surface area contributed by atoms with Crippen molar-refractivity contribution < 1.29 is 9.53 Å². The van der Waals surface area contributed by atoms with E-state index in [4.69, 9.17) is 4.74 Å². The fourth-order valence-electron chi connectivity index (χ4n) is 4.00. The van der Waals surface area contributed by atoms with Gasteiger partial charge >= 0.3 is 0 Å². The number of carbonyl (C=O) groups excluding carboxylic acids is 1. The Bertz CT molecular complexity index is 606. The zero-order valence-electron chi connectivity index (χ0n) is 13.2. The Hall–Kier alpha value is -1.86. The van der Waals surface area contributed by atoms with E-state index >= 15 is 0 Å². The Balaban J connectivity index is 1.87. The topological polar surface area (TPSA) is 53.3 Å². The molecule has 0 radical (unpaired) electrons. The maximum atomic E-state index is 13.0. The summed E-state index contributed by atoms with van der Waals surface area (Å²) in [5, 5.41) is 9.28. The van der Waals surface area contributed by atoms with Gasteiger partial charge in [0.15, 0.2) is 5.78 Å². The number of methoxy groups -OCH3 is 1. The van der Waals surface area contributed by atoms with E-state index in [2.05, 4.69) is 18.0 Å². The molecule has 4 heteroatoms. The van der Waals surface area contributed by atoms with E-state index in [1.807, 2.05) is 0 Å². The smallest absolute Gasteiger partial charge is 0.167 e. The van der Waals surface area contributed by atoms with Gasteiger partial charge in [-0.05, 0) is 50.9 Å². The van der Waals surface area contributed by atoms with Crippen molar-refractivity contribution in [2.24, 2.45) is 5.92 Å². The molecule has 1 aromatic carbocycles. The number of ketones is 1. The van der Waals surface area contributed by atoms with Gasteiger partial charge < -0.3 is 9.64 Å². The molecule has 0 saturated carbocycles. The molecule has 2 heterocycles. The predicted octanol–water partition coefficient (Wildman–Crippen LogP) is 3.01. The van der Waals surface area contributed by atoms with Crippen molar-refractivity contribution in [2.75, 3.05) is 14.2 Å². The van der Waals surface area contributed by atoms with Crippen LogP contribution < -0.4 is 4.74 Å². The van der Waals surface area contributed by atoms with Crippen molar-refractivity contribution in [1.29, 1.82) is 5.26 Å². The lowest BCUT2D eigenvalue weighted by atomic mass is 9.75. The van der Waals surface area contributed by atoms with Gasteiger partial charge in [0.1, 0.15) is 5.75 Å². The number of hydrogen-bond donors (Lipinski definition) is 0. The van der Waals surface area contributed by atoms with Crippen LogP contribution in [0.5, 0.6) is 5.75 Å². The van der Waals surface area contributed by atoms with Gasteiger partial charge in [-0.3, -0.25) is 4.79 Å². The average Bonchev–Trinajstić information content (AvgIpc) is 2.53. The highest BCUT2D eigenvalue weighted by atomic mass is 16.5. The van der Waals surface area contributed by atoms with Crippen LogP contribution in [0.3, 0.4) is 0 Å². The number of Topliss-reactive ketones (excluding diaryl/α,β-unsaturated/α-hetero) is 1. The van der Waals surface area contributed by atoms with Crippen LogP contribution >= 0.6 is 0 Å². The van der Waals surface area contributed by atoms with Crippen LogP contribution in [-0.4, -0.2) is 36.9 Å². The van der Waals surface area contributed by atoms with Gasteiger partial charge in [-0.2, -0.15) is 5.26 Å². The number of ether oxygens (including phenoxy) is 1. The molecule has 0 aromatic heterocycles. The predicted molar refractivity (Wildman–Crippen MR) is 84.0 cm³/mol. The molecule has 1 aromatic rings. The monoisotopic (exact) mass is 298 g/mol. The summed E-state index contributed by atoms with van der Waals surface area (Å²) in [6, 6.07) is 8.30. The van der Waals surface area contributed by atoms with E-state index in [9.17, 15) is 10.1 Å². The molecule has 3 rings (SSSR count). The maximum absolute atomic E-state index is 13.0. The molecule has 2 aliphatic rings. The third kappa shape index (κ3) is 2.62. The van der Waals surface area contributed by atoms with Gasteiger partial charge in [0.2, 0.25) is 0 Å². The van der Waals surface area contributed by atoms with Gasteiger partial charge in [0, 0.05) is 23.6 Å². The summed E-state index contributed by atoms with van der Waals surface area (Å²) in [6.45, 7) is 0. The van der Waals surface area contributed by atoms with Crippen LogP contribution in [0, 0.1) is 17.2 Å². The number of piperidine rings is 2. The standard InChI is InChI=1S/C18H22N2O2/c1-20-14-4-3-5-15(20)9-13(8-14)18(21)17-10-16(22-2)7-6-12(17)11-19/h6-7,10,13-15H,3-5,8-9H2,1-2H3. The minimum atomic E-state index is 0.0331. The van der Waals surface area contributed by atoms with Gasteiger partial charge in [0.25, 0.3) is 0 Å². The first-order chi connectivity index (χ1) is 10.6. The van der Waals surface area contributed by atoms with Crippen molar-refractivity contribution >= 4 is 5.78 Å². The molecule has 22 heavy (non-hydrogen) atoms. The van der Waals surface area contributed by atoms with Crippen molar-refractivity contribution in [3.05, 3.63) is 29.3 Å². The third-order valence-corrected chi connectivity index (χ3v) is 5.32. The molecule has 2 bridgehead atoms. The summed E-state index contributed by atoms with van der Waals surface area (Å²) in [7, 11) is 3.76. The van der Waals surface area contributed by atoms with E-state index in [0.29, 0.717) is 29.0 Å². The molecule has 0 spiro atoms. The highest BCUT2D eigenvalue weighted by molar-refractivity contribution is 6.00. The molecular formula is C18H22N2O2. The van der Waals surface area contributed by atoms with Gasteiger partial charge in [-0.15, -0.1) is 0 Å². The van der Waals surface area contributed by atoms with E-state index in [1.54, 1.807) is 25.3 Å². The molecule has 0 aliphatic carbocycles. The minimum absolute atomic E-state index is 0.0331. The Morgan fingerprint density at radius 3 is 2.59 bits per heavy atom. The van der Waals surface area contributed by atoms with Crippen molar-refractivity contribution in [3.63, 3.8) is 0 Å². The third-order valence-electron chi connectivity index (χ3n) is 5.32. The zero-order valence-corrected chi connectivity index (χ0v) is 13.2. The molecule has 0 amide bonds. The molecule has 2 aliphatic heterocycles. The Labute approximate surface area is 131 Å². The van der Waals surface area contributed by atoms with Crippen LogP contribution in [0.1, 0.15) is 48.0 Å². The number of rotatable bonds is 3. The highest BCUT2D eigenvalue weighted by Gasteiger charge is 2.39. The minimum Gasteiger partial charge on any atom is -0.497 e. The first kappa shape index (κ1) is 15.1. The molecule has 116 valence electrons. The summed E-state index contributed by atoms with van der Waals surface area (Å²) >= 11 is 0. The molecule has 2 unspecified atom stereocenters. The lowest BCUT2D eigenvalue weighted by Gasteiger charge is -2.46. The second-order valence-corrected chi connectivity index (χ2v) is 6.46. The van der Waals surface area contributed by atoms with Gasteiger partial charge in [0.05, 0.1) is 18.7 Å². The van der Waals surface area contributed by atoms with Crippen molar-refractivity contribution in [1.82, 2.24) is 4.90 Å². The average molecular weight is 298 g/mol. The summed E-state index contributed by atoms with van der Waals surface area (Å²) in [4.78, 5) is 15.4. The highest BCUT2D eigenvalue weighted by Crippen LogP contribution is 2.37. The second kappa shape index (κ2) is 6.10. The van der Waals surface area contributed by atoms with Crippen molar-refractivity contribution in [2.45, 2.75) is 44.2 Å². The molecule has 4 nitrogen and oxygen atoms in total. The molecule has 2 atom stereocenters. The van der Waals surface area contributed by atoms with Crippen molar-refractivity contribution in [3.8, 4) is 11.8 Å². The van der Waals surface area contributed by atoms with E-state index in [-0.39, 0.29) is 11.7 Å². The van der Waals surface area contributed by atoms with Crippen LogP contribution in [0.4, 0.5) is 0 Å². The summed E-state index contributed by atoms with van der Waals surface area (Å²) in [5.74, 6) is 0.779. The van der Waals surface area contributed by atoms with E-state index in [1.165, 1.54) is 19.3 Å². The quantitative estimate of drug-likeness (QED) is 0.805. The summed E-state index contributed by atoms with van der Waals surface area (Å²) in [5.41, 5.74) is 0.976. The Morgan fingerprint density at radius 2 is 2.00 bits per heavy atom. The number of nitriles is 1. The van der Waals surface area contributed by atoms with E-state index in [0.717, 1.165) is 12.8 Å². The van der Waals surface area contributed by atoms with Crippen LogP contribution in [0.2, 0.25) is 0 Å². The molecule has 2 saturated heterocycles. The van der Waals surface area contributed by atoms with Crippen LogP contribution in [-0.2, 0) is 0 Å². The SMILES string of the molecule is COc1ccc(C#N)c(C(=O)C2CC3CCCC(C2)N3C)c1. The normalized spacial score (nSPS) is 28.0. The maximum Gasteiger partial charge on any atom is 0.167 e. The van der Waals surface area contributed by atoms with Crippen LogP contribution in [0.25, 0.3) is 0 Å². The molecule has 0 N–H and O–H groups in total.